The zero-order valence-electron chi connectivity index (χ0n) is 18.3. The number of para-hydroxylation sites is 1. The number of hydrogen-bond donors (Lipinski definition) is 1. The standard InChI is InChI=1S/C25H23ClN4O2S/c1-17-20(26)12-8-13-21(17)27-23(31)16-33-25-29-28-24(19-11-6-7-14-22(19)32-2)30(25)15-18-9-4-3-5-10-18/h3-14H,15-16H2,1-2H3,(H,27,31). The van der Waals surface area contributed by atoms with E-state index < -0.39 is 0 Å². The van der Waals surface area contributed by atoms with E-state index in [2.05, 4.69) is 27.6 Å². The quantitative estimate of drug-likeness (QED) is 0.329. The summed E-state index contributed by atoms with van der Waals surface area (Å²) in [6.07, 6.45) is 0. The molecule has 6 nitrogen and oxygen atoms in total. The molecule has 1 amide bonds. The fraction of sp³-hybridized carbons (Fsp3) is 0.160. The van der Waals surface area contributed by atoms with Crippen LogP contribution < -0.4 is 10.1 Å². The van der Waals surface area contributed by atoms with Crippen molar-refractivity contribution in [2.75, 3.05) is 18.2 Å². The van der Waals surface area contributed by atoms with Crippen LogP contribution in [-0.4, -0.2) is 33.5 Å². The van der Waals surface area contributed by atoms with Gasteiger partial charge in [0.15, 0.2) is 11.0 Å². The van der Waals surface area contributed by atoms with E-state index in [0.29, 0.717) is 34.0 Å². The van der Waals surface area contributed by atoms with Crippen LogP contribution in [0.5, 0.6) is 5.75 Å². The molecule has 4 rings (SSSR count). The first kappa shape index (κ1) is 22.9. The van der Waals surface area contributed by atoms with Crippen LogP contribution >= 0.6 is 23.4 Å². The van der Waals surface area contributed by atoms with Gasteiger partial charge in [0.1, 0.15) is 5.75 Å². The number of aromatic nitrogens is 3. The van der Waals surface area contributed by atoms with Crippen molar-refractivity contribution in [1.82, 2.24) is 14.8 Å². The third kappa shape index (κ3) is 5.38. The highest BCUT2D eigenvalue weighted by molar-refractivity contribution is 7.99. The Hall–Kier alpha value is -3.29. The smallest absolute Gasteiger partial charge is 0.234 e. The molecule has 0 radical (unpaired) electrons. The molecule has 33 heavy (non-hydrogen) atoms. The summed E-state index contributed by atoms with van der Waals surface area (Å²) in [5.74, 6) is 1.44. The van der Waals surface area contributed by atoms with Crippen LogP contribution in [-0.2, 0) is 11.3 Å². The summed E-state index contributed by atoms with van der Waals surface area (Å²) < 4.78 is 7.55. The number of methoxy groups -OCH3 is 1. The Balaban J connectivity index is 1.59. The van der Waals surface area contributed by atoms with E-state index in [1.54, 1.807) is 13.2 Å². The van der Waals surface area contributed by atoms with E-state index in [4.69, 9.17) is 16.3 Å². The Morgan fingerprint density at radius 1 is 1.03 bits per heavy atom. The van der Waals surface area contributed by atoms with Crippen molar-refractivity contribution >= 4 is 35.0 Å². The minimum atomic E-state index is -0.140. The van der Waals surface area contributed by atoms with E-state index in [1.807, 2.05) is 66.1 Å². The summed E-state index contributed by atoms with van der Waals surface area (Å²) in [6, 6.07) is 23.2. The third-order valence-corrected chi connectivity index (χ3v) is 6.50. The van der Waals surface area contributed by atoms with Crippen molar-refractivity contribution in [3.63, 3.8) is 0 Å². The Morgan fingerprint density at radius 3 is 2.58 bits per heavy atom. The van der Waals surface area contributed by atoms with Crippen LogP contribution in [0.1, 0.15) is 11.1 Å². The number of benzene rings is 3. The summed E-state index contributed by atoms with van der Waals surface area (Å²) >= 11 is 7.50. The van der Waals surface area contributed by atoms with E-state index in [9.17, 15) is 4.79 Å². The molecule has 0 bridgehead atoms. The predicted molar refractivity (Wildman–Crippen MR) is 133 cm³/mol. The fourth-order valence-electron chi connectivity index (χ4n) is 3.39. The Bertz CT molecular complexity index is 1260. The Labute approximate surface area is 202 Å². The Kier molecular flexibility index (Phi) is 7.32. The molecule has 3 aromatic carbocycles. The van der Waals surface area contributed by atoms with Crippen molar-refractivity contribution in [1.29, 1.82) is 0 Å². The monoisotopic (exact) mass is 478 g/mol. The molecule has 0 aliphatic heterocycles. The number of amides is 1. The second-order valence-corrected chi connectivity index (χ2v) is 8.68. The van der Waals surface area contributed by atoms with Gasteiger partial charge in [-0.1, -0.05) is 71.9 Å². The summed E-state index contributed by atoms with van der Waals surface area (Å²) in [4.78, 5) is 12.6. The van der Waals surface area contributed by atoms with Gasteiger partial charge in [0, 0.05) is 10.7 Å². The number of nitrogens with zero attached hydrogens (tertiary/aromatic N) is 3. The summed E-state index contributed by atoms with van der Waals surface area (Å²) in [5.41, 5.74) is 3.49. The number of ether oxygens (including phenoxy) is 1. The molecule has 0 aliphatic rings. The van der Waals surface area contributed by atoms with Gasteiger partial charge in [0.25, 0.3) is 0 Å². The van der Waals surface area contributed by atoms with Gasteiger partial charge < -0.3 is 10.1 Å². The van der Waals surface area contributed by atoms with Crippen molar-refractivity contribution in [3.05, 3.63) is 88.9 Å². The summed E-state index contributed by atoms with van der Waals surface area (Å²) in [6.45, 7) is 2.44. The second kappa shape index (κ2) is 10.6. The maximum absolute atomic E-state index is 12.6. The average molecular weight is 479 g/mol. The number of carbonyl (C=O) groups excluding carboxylic acids is 1. The lowest BCUT2D eigenvalue weighted by Gasteiger charge is -2.13. The van der Waals surface area contributed by atoms with Gasteiger partial charge >= 0.3 is 0 Å². The first-order chi connectivity index (χ1) is 16.1. The van der Waals surface area contributed by atoms with Gasteiger partial charge in [-0.15, -0.1) is 10.2 Å². The minimum absolute atomic E-state index is 0.140. The largest absolute Gasteiger partial charge is 0.496 e. The number of hydrogen-bond acceptors (Lipinski definition) is 5. The lowest BCUT2D eigenvalue weighted by molar-refractivity contribution is -0.113. The van der Waals surface area contributed by atoms with Crippen LogP contribution in [0.25, 0.3) is 11.4 Å². The molecular formula is C25H23ClN4O2S. The van der Waals surface area contributed by atoms with Crippen molar-refractivity contribution in [2.45, 2.75) is 18.6 Å². The van der Waals surface area contributed by atoms with Crippen LogP contribution in [0, 0.1) is 6.92 Å². The van der Waals surface area contributed by atoms with E-state index in [1.165, 1.54) is 11.8 Å². The van der Waals surface area contributed by atoms with Crippen LogP contribution in [0.15, 0.2) is 78.0 Å². The first-order valence-corrected chi connectivity index (χ1v) is 11.7. The number of nitrogens with one attached hydrogen (secondary N) is 1. The highest BCUT2D eigenvalue weighted by Crippen LogP contribution is 2.31. The predicted octanol–water partition coefficient (Wildman–Crippen LogP) is 5.69. The minimum Gasteiger partial charge on any atom is -0.496 e. The Morgan fingerprint density at radius 2 is 1.79 bits per heavy atom. The maximum Gasteiger partial charge on any atom is 0.234 e. The molecule has 0 saturated carbocycles. The van der Waals surface area contributed by atoms with E-state index in [0.717, 1.165) is 16.7 Å². The van der Waals surface area contributed by atoms with Crippen LogP contribution in [0.4, 0.5) is 5.69 Å². The fourth-order valence-corrected chi connectivity index (χ4v) is 4.30. The SMILES string of the molecule is COc1ccccc1-c1nnc(SCC(=O)Nc2cccc(Cl)c2C)n1Cc1ccccc1. The van der Waals surface area contributed by atoms with Gasteiger partial charge in [-0.3, -0.25) is 9.36 Å². The molecule has 0 spiro atoms. The third-order valence-electron chi connectivity index (χ3n) is 5.12. The first-order valence-electron chi connectivity index (χ1n) is 10.3. The lowest BCUT2D eigenvalue weighted by Crippen LogP contribution is -2.15. The number of halogens is 1. The van der Waals surface area contributed by atoms with Crippen molar-refractivity contribution in [3.8, 4) is 17.1 Å². The van der Waals surface area contributed by atoms with Gasteiger partial charge in [-0.2, -0.15) is 0 Å². The number of anilines is 1. The highest BCUT2D eigenvalue weighted by atomic mass is 35.5. The number of thioether (sulfide) groups is 1. The van der Waals surface area contributed by atoms with Gasteiger partial charge in [-0.25, -0.2) is 0 Å². The van der Waals surface area contributed by atoms with Crippen molar-refractivity contribution in [2.24, 2.45) is 0 Å². The molecule has 0 atom stereocenters. The van der Waals surface area contributed by atoms with Gasteiger partial charge in [0.2, 0.25) is 5.91 Å². The molecule has 1 heterocycles. The summed E-state index contributed by atoms with van der Waals surface area (Å²) in [7, 11) is 1.63. The van der Waals surface area contributed by atoms with E-state index >= 15 is 0 Å². The highest BCUT2D eigenvalue weighted by Gasteiger charge is 2.19. The summed E-state index contributed by atoms with van der Waals surface area (Å²) in [5, 5.41) is 13.0. The number of carbonyl (C=O) groups is 1. The average Bonchev–Trinajstić information content (AvgIpc) is 3.23. The molecule has 0 aliphatic carbocycles. The maximum atomic E-state index is 12.6. The normalized spacial score (nSPS) is 10.8. The zero-order chi connectivity index (χ0) is 23.2. The zero-order valence-corrected chi connectivity index (χ0v) is 19.9. The van der Waals surface area contributed by atoms with Crippen LogP contribution in [0.3, 0.4) is 0 Å². The second-order valence-electron chi connectivity index (χ2n) is 7.33. The molecule has 1 N–H and O–H groups in total. The molecule has 168 valence electrons. The molecule has 0 unspecified atom stereocenters. The van der Waals surface area contributed by atoms with E-state index in [-0.39, 0.29) is 11.7 Å². The van der Waals surface area contributed by atoms with Crippen molar-refractivity contribution < 1.29 is 9.53 Å². The molecule has 8 heteroatoms. The van der Waals surface area contributed by atoms with Gasteiger partial charge in [-0.05, 0) is 42.3 Å². The van der Waals surface area contributed by atoms with Crippen LogP contribution in [0.2, 0.25) is 5.02 Å². The number of rotatable bonds is 8. The molecule has 0 fully saturated rings. The molecule has 4 aromatic rings. The molecule has 0 saturated heterocycles. The molecular weight excluding hydrogens is 456 g/mol. The lowest BCUT2D eigenvalue weighted by atomic mass is 10.1. The topological polar surface area (TPSA) is 69.0 Å². The van der Waals surface area contributed by atoms with Gasteiger partial charge in [0.05, 0.1) is 25.0 Å². The molecule has 1 aromatic heterocycles.